The van der Waals surface area contributed by atoms with Crippen LogP contribution in [0.4, 0.5) is 0 Å². The lowest BCUT2D eigenvalue weighted by atomic mass is 9.98. The van der Waals surface area contributed by atoms with Gasteiger partial charge in [-0.25, -0.2) is 13.2 Å². The molecule has 9 heteroatoms. The lowest BCUT2D eigenvalue weighted by Gasteiger charge is -2.39. The summed E-state index contributed by atoms with van der Waals surface area (Å²) >= 11 is 11.0. The molecule has 6 nitrogen and oxygen atoms in total. The van der Waals surface area contributed by atoms with Crippen LogP contribution in [0.1, 0.15) is 13.8 Å². The van der Waals surface area contributed by atoms with Crippen molar-refractivity contribution in [3.63, 3.8) is 0 Å². The molecular weight excluding hydrogens is 305 g/mol. The number of sulfone groups is 1. The Balaban J connectivity index is 2.48. The minimum Gasteiger partial charge on any atom is -0.448 e. The van der Waals surface area contributed by atoms with E-state index in [0.29, 0.717) is 0 Å². The van der Waals surface area contributed by atoms with Gasteiger partial charge in [-0.3, -0.25) is 4.79 Å². The summed E-state index contributed by atoms with van der Waals surface area (Å²) in [6.07, 6.45) is 0. The second kappa shape index (κ2) is 3.98. The molecule has 0 aromatic rings. The highest BCUT2D eigenvalue weighted by Crippen LogP contribution is 2.47. The van der Waals surface area contributed by atoms with E-state index < -0.39 is 49.3 Å². The van der Waals surface area contributed by atoms with Gasteiger partial charge in [-0.2, -0.15) is 0 Å². The molecule has 2 heterocycles. The number of halogens is 2. The monoisotopic (exact) mass is 315 g/mol. The van der Waals surface area contributed by atoms with Crippen molar-refractivity contribution in [3.05, 3.63) is 0 Å². The lowest BCUT2D eigenvalue weighted by Crippen LogP contribution is -2.64. The van der Waals surface area contributed by atoms with Crippen molar-refractivity contribution in [1.29, 1.82) is 0 Å². The number of hydrogen-bond acceptors (Lipinski definition) is 5. The molecule has 0 bridgehead atoms. The molecule has 0 unspecified atom stereocenters. The zero-order valence-electron chi connectivity index (χ0n) is 9.59. The number of ether oxygens (including phenoxy) is 1. The molecule has 2 fully saturated rings. The molecule has 0 aromatic carbocycles. The van der Waals surface area contributed by atoms with Gasteiger partial charge in [0.15, 0.2) is 21.3 Å². The van der Waals surface area contributed by atoms with Gasteiger partial charge in [0, 0.05) is 0 Å². The molecule has 102 valence electrons. The Hall–Kier alpha value is -0.530. The van der Waals surface area contributed by atoms with Gasteiger partial charge in [0.1, 0.15) is 16.2 Å². The fourth-order valence-electron chi connectivity index (χ4n) is 2.36. The number of fused-ring (bicyclic) bond motifs is 1. The zero-order chi connectivity index (χ0) is 13.9. The first kappa shape index (κ1) is 13.9. The maximum Gasteiger partial charge on any atom is 0.331 e. The van der Waals surface area contributed by atoms with Crippen LogP contribution < -0.4 is 0 Å². The Labute approximate surface area is 114 Å². The average molecular weight is 316 g/mol. The second-order valence-electron chi connectivity index (χ2n) is 4.66. The summed E-state index contributed by atoms with van der Waals surface area (Å²) in [6, 6.07) is -1.60. The van der Waals surface area contributed by atoms with Gasteiger partial charge < -0.3 is 9.64 Å². The number of esters is 1. The molecule has 0 saturated carbocycles. The van der Waals surface area contributed by atoms with Crippen LogP contribution in [0.2, 0.25) is 0 Å². The van der Waals surface area contributed by atoms with Crippen molar-refractivity contribution in [2.24, 2.45) is 0 Å². The molecule has 0 N–H and O–H groups in total. The standard InChI is InChI=1S/C9H11Cl2NO5S/c1-9(2)5(8(14)17-3-10)12-6(13)4(11)7(12)18(9,15)16/h4-5,7H,3H2,1-2H3/t4-,5+,7-/m1/s1. The predicted octanol–water partition coefficient (Wildman–Crippen LogP) is 0.0772. The smallest absolute Gasteiger partial charge is 0.331 e. The van der Waals surface area contributed by atoms with Crippen molar-refractivity contribution in [2.45, 2.75) is 35.4 Å². The van der Waals surface area contributed by atoms with E-state index in [4.69, 9.17) is 23.2 Å². The van der Waals surface area contributed by atoms with E-state index in [9.17, 15) is 18.0 Å². The minimum absolute atomic E-state index is 0.400. The van der Waals surface area contributed by atoms with E-state index in [1.807, 2.05) is 0 Å². The van der Waals surface area contributed by atoms with Crippen LogP contribution in [0.25, 0.3) is 0 Å². The highest BCUT2D eigenvalue weighted by molar-refractivity contribution is 7.94. The second-order valence-corrected chi connectivity index (χ2v) is 7.97. The Morgan fingerprint density at radius 3 is 2.56 bits per heavy atom. The number of rotatable bonds is 2. The summed E-state index contributed by atoms with van der Waals surface area (Å²) in [6.45, 7) is 2.75. The molecule has 2 aliphatic rings. The minimum atomic E-state index is -3.73. The van der Waals surface area contributed by atoms with Crippen LogP contribution in [-0.2, 0) is 24.2 Å². The first-order chi connectivity index (χ1) is 8.17. The van der Waals surface area contributed by atoms with Gasteiger partial charge >= 0.3 is 5.97 Å². The first-order valence-corrected chi connectivity index (χ1v) is 7.62. The van der Waals surface area contributed by atoms with Crippen molar-refractivity contribution in [2.75, 3.05) is 6.07 Å². The molecule has 1 amide bonds. The van der Waals surface area contributed by atoms with Gasteiger partial charge in [-0.05, 0) is 13.8 Å². The molecule has 0 aliphatic carbocycles. The van der Waals surface area contributed by atoms with Crippen molar-refractivity contribution in [3.8, 4) is 0 Å². The third-order valence-corrected chi connectivity index (χ3v) is 6.93. The van der Waals surface area contributed by atoms with Crippen molar-refractivity contribution < 1.29 is 22.7 Å². The topological polar surface area (TPSA) is 80.8 Å². The molecular formula is C9H11Cl2NO5S. The fraction of sp³-hybridized carbons (Fsp3) is 0.778. The number of β-lactam (4-membered cyclic amide) rings is 1. The first-order valence-electron chi connectivity index (χ1n) is 5.10. The molecule has 2 aliphatic heterocycles. The molecule has 18 heavy (non-hydrogen) atoms. The Bertz CT molecular complexity index is 517. The van der Waals surface area contributed by atoms with Crippen LogP contribution in [0.3, 0.4) is 0 Å². The molecule has 2 saturated heterocycles. The highest BCUT2D eigenvalue weighted by Gasteiger charge is 2.72. The van der Waals surface area contributed by atoms with E-state index in [1.165, 1.54) is 13.8 Å². The summed E-state index contributed by atoms with van der Waals surface area (Å²) in [4.78, 5) is 24.4. The summed E-state index contributed by atoms with van der Waals surface area (Å²) < 4.78 is 27.6. The van der Waals surface area contributed by atoms with Crippen LogP contribution in [0, 0.1) is 0 Å². The van der Waals surface area contributed by atoms with Crippen LogP contribution in [0.15, 0.2) is 0 Å². The third kappa shape index (κ3) is 1.44. The van der Waals surface area contributed by atoms with E-state index in [-0.39, 0.29) is 0 Å². The predicted molar refractivity (Wildman–Crippen MR) is 63.9 cm³/mol. The summed E-state index contributed by atoms with van der Waals surface area (Å²) in [5.74, 6) is -1.41. The van der Waals surface area contributed by atoms with Crippen molar-refractivity contribution in [1.82, 2.24) is 4.90 Å². The number of alkyl halides is 2. The molecule has 0 spiro atoms. The zero-order valence-corrected chi connectivity index (χ0v) is 11.9. The van der Waals surface area contributed by atoms with Crippen LogP contribution in [-0.4, -0.2) is 52.8 Å². The average Bonchev–Trinajstić information content (AvgIpc) is 2.41. The highest BCUT2D eigenvalue weighted by atomic mass is 35.5. The van der Waals surface area contributed by atoms with Crippen LogP contribution >= 0.6 is 23.2 Å². The largest absolute Gasteiger partial charge is 0.448 e. The number of carbonyl (C=O) groups is 2. The van der Waals surface area contributed by atoms with E-state index in [2.05, 4.69) is 4.74 Å². The van der Waals surface area contributed by atoms with Crippen LogP contribution in [0.5, 0.6) is 0 Å². The van der Waals surface area contributed by atoms with Crippen molar-refractivity contribution >= 4 is 44.9 Å². The molecule has 3 atom stereocenters. The van der Waals surface area contributed by atoms with Gasteiger partial charge in [0.2, 0.25) is 5.91 Å². The molecule has 0 aromatic heterocycles. The molecule has 0 radical (unpaired) electrons. The fourth-order valence-corrected chi connectivity index (χ4v) is 5.21. The summed E-state index contributed by atoms with van der Waals surface area (Å²) in [5, 5.41) is -2.29. The maximum atomic E-state index is 12.2. The normalized spacial score (nSPS) is 35.9. The maximum absolute atomic E-state index is 12.2. The number of hydrogen-bond donors (Lipinski definition) is 0. The summed E-state index contributed by atoms with van der Waals surface area (Å²) in [5.41, 5.74) is 0. The van der Waals surface area contributed by atoms with E-state index in [0.717, 1.165) is 4.90 Å². The SMILES string of the molecule is CC1(C)[C@H](C(=O)OCCl)N2C(=O)[C@@H](Cl)[C@H]2S1(=O)=O. The molecule has 2 rings (SSSR count). The van der Waals surface area contributed by atoms with Gasteiger partial charge in [-0.15, -0.1) is 11.6 Å². The third-order valence-electron chi connectivity index (χ3n) is 3.42. The quantitative estimate of drug-likeness (QED) is 0.409. The number of amides is 1. The number of nitrogens with zero attached hydrogens (tertiary/aromatic N) is 1. The summed E-state index contributed by atoms with van der Waals surface area (Å²) in [7, 11) is -3.73. The Kier molecular flexibility index (Phi) is 3.07. The van der Waals surface area contributed by atoms with E-state index in [1.54, 1.807) is 0 Å². The van der Waals surface area contributed by atoms with Gasteiger partial charge in [0.05, 0.1) is 0 Å². The van der Waals surface area contributed by atoms with Gasteiger partial charge in [0.25, 0.3) is 0 Å². The Morgan fingerprint density at radius 1 is 1.50 bits per heavy atom. The van der Waals surface area contributed by atoms with Gasteiger partial charge in [-0.1, -0.05) is 11.6 Å². The number of carbonyl (C=O) groups excluding carboxylic acids is 2. The lowest BCUT2D eigenvalue weighted by molar-refractivity contribution is -0.159. The Morgan fingerprint density at radius 2 is 2.06 bits per heavy atom. The van der Waals surface area contributed by atoms with E-state index >= 15 is 0 Å².